The minimum atomic E-state index is 0.305. The summed E-state index contributed by atoms with van der Waals surface area (Å²) in [5, 5.41) is 0. The topological polar surface area (TPSA) is 44.8 Å². The largest absolute Gasteiger partial charge is 0.385 e. The minimum Gasteiger partial charge on any atom is -0.385 e. The smallest absolute Gasteiger partial charge is 0.132 e. The van der Waals surface area contributed by atoms with Crippen molar-refractivity contribution in [3.05, 3.63) is 0 Å². The lowest BCUT2D eigenvalue weighted by Gasteiger charge is -2.05. The second-order valence-electron chi connectivity index (χ2n) is 3.57. The van der Waals surface area contributed by atoms with Gasteiger partial charge < -0.3 is 14.2 Å². The zero-order valence-corrected chi connectivity index (χ0v) is 10.5. The lowest BCUT2D eigenvalue weighted by Crippen LogP contribution is -2.08. The van der Waals surface area contributed by atoms with Gasteiger partial charge in [0, 0.05) is 39.8 Å². The molecule has 4 nitrogen and oxygen atoms in total. The summed E-state index contributed by atoms with van der Waals surface area (Å²) in [6.07, 6.45) is 2.99. The average molecular weight is 232 g/mol. The zero-order chi connectivity index (χ0) is 12.1. The Labute approximate surface area is 98.3 Å². The Hall–Kier alpha value is -0.450. The van der Waals surface area contributed by atoms with Gasteiger partial charge in [-0.2, -0.15) is 0 Å². The predicted octanol–water partition coefficient (Wildman–Crippen LogP) is 1.82. The third kappa shape index (κ3) is 11.6. The molecular weight excluding hydrogens is 208 g/mol. The van der Waals surface area contributed by atoms with Crippen LogP contribution in [0.1, 0.15) is 32.6 Å². The van der Waals surface area contributed by atoms with Gasteiger partial charge >= 0.3 is 0 Å². The fraction of sp³-hybridized carbons (Fsp3) is 0.917. The molecule has 16 heavy (non-hydrogen) atoms. The van der Waals surface area contributed by atoms with Crippen LogP contribution in [0.2, 0.25) is 0 Å². The van der Waals surface area contributed by atoms with E-state index in [1.54, 1.807) is 7.11 Å². The third-order valence-electron chi connectivity index (χ3n) is 2.15. The van der Waals surface area contributed by atoms with Crippen molar-refractivity contribution >= 4 is 5.78 Å². The number of carbonyl (C=O) groups excluding carboxylic acids is 1. The van der Waals surface area contributed by atoms with Gasteiger partial charge in [0.2, 0.25) is 0 Å². The first-order valence-corrected chi connectivity index (χ1v) is 5.97. The van der Waals surface area contributed by atoms with Crippen molar-refractivity contribution in [1.29, 1.82) is 0 Å². The monoisotopic (exact) mass is 232 g/mol. The molecule has 0 heterocycles. The molecule has 96 valence electrons. The lowest BCUT2D eigenvalue weighted by molar-refractivity contribution is -0.119. The fourth-order valence-electron chi connectivity index (χ4n) is 1.18. The van der Waals surface area contributed by atoms with Crippen molar-refractivity contribution in [3.8, 4) is 0 Å². The molecule has 0 radical (unpaired) electrons. The maximum absolute atomic E-state index is 11.0. The van der Waals surface area contributed by atoms with Crippen molar-refractivity contribution in [3.63, 3.8) is 0 Å². The number of ether oxygens (including phenoxy) is 3. The normalized spacial score (nSPS) is 10.6. The second kappa shape index (κ2) is 12.6. The molecule has 0 saturated heterocycles. The SMILES string of the molecule is CCC(=O)CCCOCCOCCCOC. The van der Waals surface area contributed by atoms with E-state index in [2.05, 4.69) is 0 Å². The quantitative estimate of drug-likeness (QED) is 0.481. The van der Waals surface area contributed by atoms with Crippen molar-refractivity contribution in [2.24, 2.45) is 0 Å². The van der Waals surface area contributed by atoms with Gasteiger partial charge in [-0.3, -0.25) is 4.79 Å². The Balaban J connectivity index is 2.96. The van der Waals surface area contributed by atoms with Crippen molar-refractivity contribution in [2.45, 2.75) is 32.6 Å². The lowest BCUT2D eigenvalue weighted by atomic mass is 10.2. The molecule has 0 unspecified atom stereocenters. The van der Waals surface area contributed by atoms with Crippen LogP contribution in [-0.2, 0) is 19.0 Å². The molecule has 0 bridgehead atoms. The number of carbonyl (C=O) groups is 1. The Morgan fingerprint density at radius 2 is 1.56 bits per heavy atom. The number of rotatable bonds is 12. The van der Waals surface area contributed by atoms with Gasteiger partial charge in [0.25, 0.3) is 0 Å². The van der Waals surface area contributed by atoms with Gasteiger partial charge in [0.05, 0.1) is 13.2 Å². The van der Waals surface area contributed by atoms with Crippen LogP contribution in [0, 0.1) is 0 Å². The van der Waals surface area contributed by atoms with Crippen LogP contribution in [-0.4, -0.2) is 45.9 Å². The highest BCUT2D eigenvalue weighted by atomic mass is 16.5. The van der Waals surface area contributed by atoms with E-state index in [1.807, 2.05) is 6.92 Å². The van der Waals surface area contributed by atoms with Crippen molar-refractivity contribution in [2.75, 3.05) is 40.1 Å². The summed E-state index contributed by atoms with van der Waals surface area (Å²) in [6, 6.07) is 0. The minimum absolute atomic E-state index is 0.305. The second-order valence-corrected chi connectivity index (χ2v) is 3.57. The number of methoxy groups -OCH3 is 1. The van der Waals surface area contributed by atoms with Crippen LogP contribution in [0.3, 0.4) is 0 Å². The van der Waals surface area contributed by atoms with Crippen LogP contribution in [0.4, 0.5) is 0 Å². The van der Waals surface area contributed by atoms with Crippen LogP contribution in [0.5, 0.6) is 0 Å². The van der Waals surface area contributed by atoms with Crippen molar-refractivity contribution < 1.29 is 19.0 Å². The van der Waals surface area contributed by atoms with E-state index in [-0.39, 0.29) is 0 Å². The summed E-state index contributed by atoms with van der Waals surface area (Å²) in [7, 11) is 1.68. The van der Waals surface area contributed by atoms with E-state index in [0.717, 1.165) is 19.4 Å². The molecule has 0 N–H and O–H groups in total. The summed E-state index contributed by atoms with van der Waals surface area (Å²) >= 11 is 0. The van der Waals surface area contributed by atoms with Gasteiger partial charge in [-0.25, -0.2) is 0 Å². The molecule has 0 spiro atoms. The molecule has 0 aromatic carbocycles. The maximum atomic E-state index is 11.0. The predicted molar refractivity (Wildman–Crippen MR) is 62.7 cm³/mol. The third-order valence-corrected chi connectivity index (χ3v) is 2.15. The average Bonchev–Trinajstić information content (AvgIpc) is 2.31. The molecule has 0 amide bonds. The first-order valence-electron chi connectivity index (χ1n) is 5.97. The Bertz CT molecular complexity index is 159. The first kappa shape index (κ1) is 15.6. The fourth-order valence-corrected chi connectivity index (χ4v) is 1.18. The summed E-state index contributed by atoms with van der Waals surface area (Å²) < 4.78 is 15.5. The summed E-state index contributed by atoms with van der Waals surface area (Å²) in [5.74, 6) is 0.305. The van der Waals surface area contributed by atoms with Gasteiger partial charge in [-0.1, -0.05) is 6.92 Å². The van der Waals surface area contributed by atoms with Gasteiger partial charge in [-0.05, 0) is 12.8 Å². The maximum Gasteiger partial charge on any atom is 0.132 e. The highest BCUT2D eigenvalue weighted by Crippen LogP contribution is 1.95. The molecular formula is C12H24O4. The molecule has 0 aliphatic carbocycles. The molecule has 0 aliphatic rings. The number of hydrogen-bond donors (Lipinski definition) is 0. The Morgan fingerprint density at radius 1 is 0.938 bits per heavy atom. The summed E-state index contributed by atoms with van der Waals surface area (Å²) in [6.45, 7) is 5.20. The van der Waals surface area contributed by atoms with Crippen LogP contribution < -0.4 is 0 Å². The van der Waals surface area contributed by atoms with E-state index in [0.29, 0.717) is 45.1 Å². The Kier molecular flexibility index (Phi) is 12.3. The number of ketones is 1. The number of Topliss-reactive ketones (excluding diaryl/α,β-unsaturated/α-hetero) is 1. The van der Waals surface area contributed by atoms with Crippen molar-refractivity contribution in [1.82, 2.24) is 0 Å². The molecule has 0 aromatic rings. The molecule has 0 rings (SSSR count). The zero-order valence-electron chi connectivity index (χ0n) is 10.5. The molecule has 0 saturated carbocycles. The van der Waals surface area contributed by atoms with E-state index in [1.165, 1.54) is 0 Å². The molecule has 4 heteroatoms. The molecule has 0 aliphatic heterocycles. The van der Waals surface area contributed by atoms with Gasteiger partial charge in [0.15, 0.2) is 0 Å². The summed E-state index contributed by atoms with van der Waals surface area (Å²) in [4.78, 5) is 11.0. The molecule has 0 atom stereocenters. The van der Waals surface area contributed by atoms with Crippen LogP contribution in [0.25, 0.3) is 0 Å². The number of hydrogen-bond acceptors (Lipinski definition) is 4. The molecule has 0 fully saturated rings. The Morgan fingerprint density at radius 3 is 2.12 bits per heavy atom. The first-order chi connectivity index (χ1) is 7.81. The van der Waals surface area contributed by atoms with E-state index >= 15 is 0 Å². The standard InChI is InChI=1S/C12H24O4/c1-3-12(13)6-4-8-15-10-11-16-9-5-7-14-2/h3-11H2,1-2H3. The van der Waals surface area contributed by atoms with Gasteiger partial charge in [-0.15, -0.1) is 0 Å². The van der Waals surface area contributed by atoms with E-state index in [9.17, 15) is 4.79 Å². The van der Waals surface area contributed by atoms with E-state index < -0.39 is 0 Å². The highest BCUT2D eigenvalue weighted by Gasteiger charge is 1.97. The van der Waals surface area contributed by atoms with Gasteiger partial charge in [0.1, 0.15) is 5.78 Å². The summed E-state index contributed by atoms with van der Waals surface area (Å²) in [5.41, 5.74) is 0. The van der Waals surface area contributed by atoms with Crippen LogP contribution in [0.15, 0.2) is 0 Å². The highest BCUT2D eigenvalue weighted by molar-refractivity contribution is 5.77. The van der Waals surface area contributed by atoms with E-state index in [4.69, 9.17) is 14.2 Å². The van der Waals surface area contributed by atoms with Crippen LogP contribution >= 0.6 is 0 Å². The molecule has 0 aromatic heterocycles.